The molecule has 1 aromatic heterocycles. The summed E-state index contributed by atoms with van der Waals surface area (Å²) in [6.45, 7) is 0.449. The highest BCUT2D eigenvalue weighted by Gasteiger charge is 2.07. The molecule has 1 heterocycles. The number of rotatable bonds is 2. The summed E-state index contributed by atoms with van der Waals surface area (Å²) in [5.74, 6) is 0. The minimum atomic E-state index is 0.449. The first-order chi connectivity index (χ1) is 9.28. The topological polar surface area (TPSA) is 38.9 Å². The van der Waals surface area contributed by atoms with E-state index in [2.05, 4.69) is 17.1 Å². The summed E-state index contributed by atoms with van der Waals surface area (Å²) in [5.41, 5.74) is 9.74. The number of halogens is 1. The van der Waals surface area contributed by atoms with Crippen LogP contribution < -0.4 is 5.73 Å². The van der Waals surface area contributed by atoms with Crippen molar-refractivity contribution in [2.45, 2.75) is 6.54 Å². The molecule has 2 aromatic carbocycles. The van der Waals surface area contributed by atoms with E-state index < -0.39 is 0 Å². The van der Waals surface area contributed by atoms with Crippen molar-refractivity contribution in [2.24, 2.45) is 5.73 Å². The zero-order valence-electron chi connectivity index (χ0n) is 10.3. The van der Waals surface area contributed by atoms with Gasteiger partial charge in [0.05, 0.1) is 11.2 Å². The summed E-state index contributed by atoms with van der Waals surface area (Å²) in [6.07, 6.45) is 0. The van der Waals surface area contributed by atoms with Crippen molar-refractivity contribution in [3.8, 4) is 11.3 Å². The molecule has 0 aliphatic heterocycles. The molecule has 19 heavy (non-hydrogen) atoms. The smallest absolute Gasteiger partial charge is 0.0713 e. The lowest BCUT2D eigenvalue weighted by Crippen LogP contribution is -1.99. The number of para-hydroxylation sites is 1. The first-order valence-corrected chi connectivity index (χ1v) is 6.50. The van der Waals surface area contributed by atoms with Crippen LogP contribution in [0.2, 0.25) is 5.02 Å². The summed E-state index contributed by atoms with van der Waals surface area (Å²) in [7, 11) is 0. The predicted molar refractivity (Wildman–Crippen MR) is 80.1 cm³/mol. The van der Waals surface area contributed by atoms with Gasteiger partial charge in [0.2, 0.25) is 0 Å². The first kappa shape index (κ1) is 12.2. The van der Waals surface area contributed by atoms with Crippen LogP contribution in [0.4, 0.5) is 0 Å². The normalized spacial score (nSPS) is 10.8. The number of nitrogens with zero attached hydrogens (tertiary/aromatic N) is 1. The summed E-state index contributed by atoms with van der Waals surface area (Å²) < 4.78 is 0. The van der Waals surface area contributed by atoms with Crippen LogP contribution in [0.15, 0.2) is 54.6 Å². The molecule has 0 aliphatic carbocycles. The van der Waals surface area contributed by atoms with Crippen LogP contribution in [0.1, 0.15) is 5.56 Å². The Bertz CT molecular complexity index is 738. The molecule has 2 N–H and O–H groups in total. The highest BCUT2D eigenvalue weighted by molar-refractivity contribution is 6.30. The van der Waals surface area contributed by atoms with Crippen LogP contribution in [-0.4, -0.2) is 4.98 Å². The molecule has 0 saturated carbocycles. The number of benzene rings is 2. The van der Waals surface area contributed by atoms with Gasteiger partial charge in [0.25, 0.3) is 0 Å². The van der Waals surface area contributed by atoms with Gasteiger partial charge in [0, 0.05) is 22.5 Å². The number of pyridine rings is 1. The highest BCUT2D eigenvalue weighted by Crippen LogP contribution is 2.26. The molecule has 0 unspecified atom stereocenters. The van der Waals surface area contributed by atoms with Gasteiger partial charge in [-0.05, 0) is 29.8 Å². The van der Waals surface area contributed by atoms with Gasteiger partial charge >= 0.3 is 0 Å². The summed E-state index contributed by atoms with van der Waals surface area (Å²) in [4.78, 5) is 4.69. The molecule has 3 rings (SSSR count). The van der Waals surface area contributed by atoms with Crippen LogP contribution >= 0.6 is 11.6 Å². The van der Waals surface area contributed by atoms with Gasteiger partial charge < -0.3 is 5.73 Å². The number of hydrogen-bond acceptors (Lipinski definition) is 2. The highest BCUT2D eigenvalue weighted by atomic mass is 35.5. The van der Waals surface area contributed by atoms with Crippen molar-refractivity contribution in [1.29, 1.82) is 0 Å². The van der Waals surface area contributed by atoms with E-state index in [9.17, 15) is 0 Å². The number of fused-ring (bicyclic) bond motifs is 1. The van der Waals surface area contributed by atoms with Crippen LogP contribution in [0.5, 0.6) is 0 Å². The molecule has 3 aromatic rings. The quantitative estimate of drug-likeness (QED) is 0.763. The lowest BCUT2D eigenvalue weighted by molar-refractivity contribution is 1.07. The molecule has 0 atom stereocenters. The van der Waals surface area contributed by atoms with Crippen LogP contribution in [0, 0.1) is 0 Å². The molecule has 0 fully saturated rings. The fraction of sp³-hybridized carbons (Fsp3) is 0.0625. The maximum atomic E-state index is 6.00. The molecule has 0 saturated heterocycles. The summed E-state index contributed by atoms with van der Waals surface area (Å²) >= 11 is 6.00. The zero-order chi connectivity index (χ0) is 13.2. The second-order valence-corrected chi connectivity index (χ2v) is 4.83. The van der Waals surface area contributed by atoms with E-state index in [4.69, 9.17) is 17.3 Å². The van der Waals surface area contributed by atoms with Gasteiger partial charge in [-0.3, -0.25) is 0 Å². The molecular formula is C16H13ClN2. The molecule has 0 aliphatic rings. The maximum Gasteiger partial charge on any atom is 0.0713 e. The number of nitrogens with two attached hydrogens (primary N) is 1. The third-order valence-electron chi connectivity index (χ3n) is 3.16. The second kappa shape index (κ2) is 5.00. The van der Waals surface area contributed by atoms with Crippen LogP contribution in [0.25, 0.3) is 22.2 Å². The Morgan fingerprint density at radius 2 is 1.84 bits per heavy atom. The fourth-order valence-electron chi connectivity index (χ4n) is 2.20. The Morgan fingerprint density at radius 3 is 2.68 bits per heavy atom. The van der Waals surface area contributed by atoms with Gasteiger partial charge in [-0.1, -0.05) is 41.9 Å². The van der Waals surface area contributed by atoms with E-state index in [1.807, 2.05) is 42.5 Å². The Morgan fingerprint density at radius 1 is 1.00 bits per heavy atom. The van der Waals surface area contributed by atoms with E-state index in [-0.39, 0.29) is 0 Å². The minimum absolute atomic E-state index is 0.449. The molecule has 0 amide bonds. The number of aromatic nitrogens is 1. The summed E-state index contributed by atoms with van der Waals surface area (Å²) in [6, 6.07) is 17.9. The van der Waals surface area contributed by atoms with Gasteiger partial charge in [-0.15, -0.1) is 0 Å². The van der Waals surface area contributed by atoms with Gasteiger partial charge in [-0.2, -0.15) is 0 Å². The van der Waals surface area contributed by atoms with Crippen molar-refractivity contribution in [2.75, 3.05) is 0 Å². The monoisotopic (exact) mass is 268 g/mol. The van der Waals surface area contributed by atoms with Crippen LogP contribution in [-0.2, 0) is 6.54 Å². The third kappa shape index (κ3) is 2.33. The summed E-state index contributed by atoms with van der Waals surface area (Å²) in [5, 5.41) is 1.83. The second-order valence-electron chi connectivity index (χ2n) is 4.39. The molecule has 0 bridgehead atoms. The Kier molecular flexibility index (Phi) is 3.20. The SMILES string of the molecule is NCc1cc(Cl)ccc1-c1ccc2ccccc2n1. The van der Waals surface area contributed by atoms with E-state index >= 15 is 0 Å². The van der Waals surface area contributed by atoms with E-state index in [1.165, 1.54) is 0 Å². The molecule has 94 valence electrons. The molecule has 0 radical (unpaired) electrons. The van der Waals surface area contributed by atoms with E-state index in [0.717, 1.165) is 27.7 Å². The fourth-order valence-corrected chi connectivity index (χ4v) is 2.39. The first-order valence-electron chi connectivity index (χ1n) is 6.12. The van der Waals surface area contributed by atoms with E-state index in [0.29, 0.717) is 11.6 Å². The lowest BCUT2D eigenvalue weighted by Gasteiger charge is -2.08. The Labute approximate surface area is 116 Å². The lowest BCUT2D eigenvalue weighted by atomic mass is 10.0. The number of hydrogen-bond donors (Lipinski definition) is 1. The molecule has 2 nitrogen and oxygen atoms in total. The standard InChI is InChI=1S/C16H13ClN2/c17-13-6-7-14(12(9-13)10-18)16-8-5-11-3-1-2-4-15(11)19-16/h1-9H,10,18H2. The van der Waals surface area contributed by atoms with E-state index in [1.54, 1.807) is 0 Å². The van der Waals surface area contributed by atoms with Crippen molar-refractivity contribution >= 4 is 22.5 Å². The van der Waals surface area contributed by atoms with Crippen molar-refractivity contribution in [3.63, 3.8) is 0 Å². The Hall–Kier alpha value is -1.90. The van der Waals surface area contributed by atoms with Crippen LogP contribution in [0.3, 0.4) is 0 Å². The average molecular weight is 269 g/mol. The molecule has 0 spiro atoms. The predicted octanol–water partition coefficient (Wildman–Crippen LogP) is 4.01. The molecule has 3 heteroatoms. The van der Waals surface area contributed by atoms with Crippen molar-refractivity contribution in [3.05, 3.63) is 65.2 Å². The van der Waals surface area contributed by atoms with Gasteiger partial charge in [0.1, 0.15) is 0 Å². The van der Waals surface area contributed by atoms with Gasteiger partial charge in [-0.25, -0.2) is 4.98 Å². The average Bonchev–Trinajstić information content (AvgIpc) is 2.46. The maximum absolute atomic E-state index is 6.00. The zero-order valence-corrected chi connectivity index (χ0v) is 11.1. The largest absolute Gasteiger partial charge is 0.326 e. The minimum Gasteiger partial charge on any atom is -0.326 e. The van der Waals surface area contributed by atoms with Crippen molar-refractivity contribution in [1.82, 2.24) is 4.98 Å². The Balaban J connectivity index is 2.18. The van der Waals surface area contributed by atoms with Gasteiger partial charge in [0.15, 0.2) is 0 Å². The molecular weight excluding hydrogens is 256 g/mol. The third-order valence-corrected chi connectivity index (χ3v) is 3.40. The van der Waals surface area contributed by atoms with Crippen molar-refractivity contribution < 1.29 is 0 Å².